The van der Waals surface area contributed by atoms with Crippen LogP contribution in [0, 0.1) is 0 Å². The highest BCUT2D eigenvalue weighted by Gasteiger charge is 2.32. The average Bonchev–Trinajstić information content (AvgIpc) is 2.53. The fourth-order valence-corrected chi connectivity index (χ4v) is 5.01. The first kappa shape index (κ1) is 16.4. The van der Waals surface area contributed by atoms with E-state index in [0.717, 1.165) is 24.1 Å². The number of piperazine rings is 1. The largest absolute Gasteiger partial charge is 0.314 e. The lowest BCUT2D eigenvalue weighted by molar-refractivity contribution is -0.116. The number of hydrogen-bond acceptors (Lipinski definition) is 4. The molecule has 6 nitrogen and oxygen atoms in total. The molecule has 2 aliphatic rings. The number of carbonyl (C=O) groups excluding carboxylic acids is 1. The molecule has 1 aromatic carbocycles. The minimum absolute atomic E-state index is 0.0453. The molecule has 1 atom stereocenters. The molecule has 0 bridgehead atoms. The van der Waals surface area contributed by atoms with Gasteiger partial charge in [0.25, 0.3) is 0 Å². The minimum atomic E-state index is -3.54. The Morgan fingerprint density at radius 1 is 1.30 bits per heavy atom. The highest BCUT2D eigenvalue weighted by molar-refractivity contribution is 7.89. The highest BCUT2D eigenvalue weighted by atomic mass is 32.2. The molecule has 0 radical (unpaired) electrons. The molecular formula is C16H23N3O3S. The van der Waals surface area contributed by atoms with Gasteiger partial charge in [-0.3, -0.25) is 4.79 Å². The first-order valence-electron chi connectivity index (χ1n) is 8.05. The smallest absolute Gasteiger partial charge is 0.243 e. The van der Waals surface area contributed by atoms with E-state index in [1.165, 1.54) is 6.92 Å². The third-order valence-electron chi connectivity index (χ3n) is 4.60. The Kier molecular flexibility index (Phi) is 4.44. The first-order chi connectivity index (χ1) is 10.9. The van der Waals surface area contributed by atoms with Crippen molar-refractivity contribution in [3.05, 3.63) is 23.8 Å². The maximum Gasteiger partial charge on any atom is 0.243 e. The number of anilines is 1. The Hall–Kier alpha value is -1.44. The van der Waals surface area contributed by atoms with Crippen LogP contribution in [0.3, 0.4) is 0 Å². The van der Waals surface area contributed by atoms with E-state index in [9.17, 15) is 13.2 Å². The summed E-state index contributed by atoms with van der Waals surface area (Å²) in [6.45, 7) is 5.86. The van der Waals surface area contributed by atoms with Crippen LogP contribution in [0.5, 0.6) is 0 Å². The number of benzene rings is 1. The van der Waals surface area contributed by atoms with Crippen LogP contribution < -0.4 is 10.2 Å². The number of fused-ring (bicyclic) bond motifs is 1. The lowest BCUT2D eigenvalue weighted by atomic mass is 10.0. The second kappa shape index (κ2) is 6.22. The van der Waals surface area contributed by atoms with E-state index in [1.807, 2.05) is 13.0 Å². The van der Waals surface area contributed by atoms with E-state index in [0.29, 0.717) is 26.2 Å². The van der Waals surface area contributed by atoms with Gasteiger partial charge in [0, 0.05) is 44.8 Å². The lowest BCUT2D eigenvalue weighted by Gasteiger charge is -2.34. The number of nitrogens with one attached hydrogen (secondary N) is 1. The van der Waals surface area contributed by atoms with Crippen molar-refractivity contribution in [2.45, 2.75) is 37.6 Å². The monoisotopic (exact) mass is 337 g/mol. The molecule has 0 unspecified atom stereocenters. The third kappa shape index (κ3) is 3.00. The maximum absolute atomic E-state index is 13.0. The Morgan fingerprint density at radius 3 is 2.78 bits per heavy atom. The predicted molar refractivity (Wildman–Crippen MR) is 89.0 cm³/mol. The van der Waals surface area contributed by atoms with Gasteiger partial charge in [0.2, 0.25) is 15.9 Å². The van der Waals surface area contributed by atoms with Crippen molar-refractivity contribution in [1.29, 1.82) is 0 Å². The fourth-order valence-electron chi connectivity index (χ4n) is 3.36. The van der Waals surface area contributed by atoms with Crippen molar-refractivity contribution in [3.63, 3.8) is 0 Å². The molecule has 0 spiro atoms. The summed E-state index contributed by atoms with van der Waals surface area (Å²) in [4.78, 5) is 13.8. The van der Waals surface area contributed by atoms with Crippen molar-refractivity contribution >= 4 is 21.6 Å². The molecule has 1 amide bonds. The molecule has 1 fully saturated rings. The van der Waals surface area contributed by atoms with Crippen molar-refractivity contribution in [2.75, 3.05) is 31.1 Å². The van der Waals surface area contributed by atoms with Crippen LogP contribution in [0.2, 0.25) is 0 Å². The summed E-state index contributed by atoms with van der Waals surface area (Å²) in [7, 11) is -3.54. The zero-order chi connectivity index (χ0) is 16.6. The van der Waals surface area contributed by atoms with Crippen molar-refractivity contribution < 1.29 is 13.2 Å². The van der Waals surface area contributed by atoms with Crippen LogP contribution in [-0.2, 0) is 21.2 Å². The van der Waals surface area contributed by atoms with Gasteiger partial charge in [0.15, 0.2) is 0 Å². The molecule has 7 heteroatoms. The number of nitrogens with zero attached hydrogens (tertiary/aromatic N) is 2. The van der Waals surface area contributed by atoms with Crippen LogP contribution in [0.4, 0.5) is 5.69 Å². The van der Waals surface area contributed by atoms with E-state index in [2.05, 4.69) is 5.32 Å². The van der Waals surface area contributed by atoms with Crippen LogP contribution in [0.25, 0.3) is 0 Å². The van der Waals surface area contributed by atoms with Gasteiger partial charge < -0.3 is 10.2 Å². The van der Waals surface area contributed by atoms with Gasteiger partial charge in [0.05, 0.1) is 4.90 Å². The zero-order valence-electron chi connectivity index (χ0n) is 13.6. The van der Waals surface area contributed by atoms with Gasteiger partial charge in [-0.05, 0) is 37.5 Å². The topological polar surface area (TPSA) is 69.7 Å². The molecule has 0 aromatic heterocycles. The first-order valence-corrected chi connectivity index (χ1v) is 9.49. The van der Waals surface area contributed by atoms with Gasteiger partial charge in [-0.1, -0.05) is 6.07 Å². The molecule has 0 aliphatic carbocycles. The maximum atomic E-state index is 13.0. The summed E-state index contributed by atoms with van der Waals surface area (Å²) in [5, 5.41) is 3.20. The zero-order valence-corrected chi connectivity index (χ0v) is 14.4. The molecule has 2 aliphatic heterocycles. The number of amides is 1. The SMILES string of the molecule is CC(=O)N1CCCc2ccc(S(=O)(=O)N3CCNC[C@H]3C)cc21. The molecule has 23 heavy (non-hydrogen) atoms. The Morgan fingerprint density at radius 2 is 2.09 bits per heavy atom. The normalized spacial score (nSPS) is 22.7. The number of carbonyl (C=O) groups is 1. The summed E-state index contributed by atoms with van der Waals surface area (Å²) in [5.74, 6) is -0.0453. The molecule has 2 heterocycles. The van der Waals surface area contributed by atoms with Crippen LogP contribution in [-0.4, -0.2) is 50.9 Å². The second-order valence-corrected chi connectivity index (χ2v) is 8.12. The predicted octanol–water partition coefficient (Wildman–Crippen LogP) is 0.968. The molecule has 126 valence electrons. The molecule has 3 rings (SSSR count). The molecule has 1 N–H and O–H groups in total. The highest BCUT2D eigenvalue weighted by Crippen LogP contribution is 2.31. The van der Waals surface area contributed by atoms with Crippen molar-refractivity contribution in [2.24, 2.45) is 0 Å². The van der Waals surface area contributed by atoms with E-state index in [-0.39, 0.29) is 16.8 Å². The fraction of sp³-hybridized carbons (Fsp3) is 0.562. The molecule has 0 saturated carbocycles. The molecule has 1 saturated heterocycles. The lowest BCUT2D eigenvalue weighted by Crippen LogP contribution is -2.52. The number of hydrogen-bond donors (Lipinski definition) is 1. The van der Waals surface area contributed by atoms with Gasteiger partial charge in [-0.25, -0.2) is 8.42 Å². The summed E-state index contributed by atoms with van der Waals surface area (Å²) < 4.78 is 27.5. The Bertz CT molecular complexity index is 717. The summed E-state index contributed by atoms with van der Waals surface area (Å²) >= 11 is 0. The number of rotatable bonds is 2. The Labute approximate surface area is 137 Å². The summed E-state index contributed by atoms with van der Waals surface area (Å²) in [6, 6.07) is 5.12. The van der Waals surface area contributed by atoms with Gasteiger partial charge in [0.1, 0.15) is 0 Å². The second-order valence-electron chi connectivity index (χ2n) is 6.23. The van der Waals surface area contributed by atoms with Gasteiger partial charge >= 0.3 is 0 Å². The van der Waals surface area contributed by atoms with Crippen molar-refractivity contribution in [1.82, 2.24) is 9.62 Å². The van der Waals surface area contributed by atoms with Gasteiger partial charge in [-0.15, -0.1) is 0 Å². The van der Waals surface area contributed by atoms with Crippen molar-refractivity contribution in [3.8, 4) is 0 Å². The minimum Gasteiger partial charge on any atom is -0.314 e. The molecular weight excluding hydrogens is 314 g/mol. The summed E-state index contributed by atoms with van der Waals surface area (Å²) in [5.41, 5.74) is 1.78. The van der Waals surface area contributed by atoms with E-state index in [1.54, 1.807) is 21.3 Å². The van der Waals surface area contributed by atoms with Gasteiger partial charge in [-0.2, -0.15) is 4.31 Å². The average molecular weight is 337 g/mol. The number of sulfonamides is 1. The molecule has 1 aromatic rings. The van der Waals surface area contributed by atoms with E-state index in [4.69, 9.17) is 0 Å². The Balaban J connectivity index is 2.00. The van der Waals surface area contributed by atoms with E-state index < -0.39 is 10.0 Å². The third-order valence-corrected chi connectivity index (χ3v) is 6.61. The van der Waals surface area contributed by atoms with Crippen LogP contribution in [0.1, 0.15) is 25.8 Å². The quantitative estimate of drug-likeness (QED) is 0.873. The van der Waals surface area contributed by atoms with Crippen LogP contribution >= 0.6 is 0 Å². The van der Waals surface area contributed by atoms with E-state index >= 15 is 0 Å². The number of aryl methyl sites for hydroxylation is 1. The standard InChI is InChI=1S/C16H23N3O3S/c1-12-11-17-7-9-19(12)23(21,22)15-6-5-14-4-3-8-18(13(2)20)16(14)10-15/h5-6,10,12,17H,3-4,7-9,11H2,1-2H3/t12-/m1/s1. The van der Waals surface area contributed by atoms with Crippen LogP contribution in [0.15, 0.2) is 23.1 Å². The summed E-state index contributed by atoms with van der Waals surface area (Å²) in [6.07, 6.45) is 1.79.